The van der Waals surface area contributed by atoms with Gasteiger partial charge in [0.05, 0.1) is 12.7 Å². The first-order valence-corrected chi connectivity index (χ1v) is 6.21. The molecule has 0 unspecified atom stereocenters. The molecule has 19 heavy (non-hydrogen) atoms. The van der Waals surface area contributed by atoms with Gasteiger partial charge in [0.1, 0.15) is 0 Å². The molecule has 0 atom stereocenters. The molecule has 0 fully saturated rings. The second kappa shape index (κ2) is 5.16. The smallest absolute Gasteiger partial charge is 0.158 e. The van der Waals surface area contributed by atoms with Crippen molar-refractivity contribution >= 4 is 11.0 Å². The van der Waals surface area contributed by atoms with Crippen molar-refractivity contribution in [1.82, 2.24) is 25.1 Å². The van der Waals surface area contributed by atoms with Gasteiger partial charge in [-0.3, -0.25) is 4.98 Å². The van der Waals surface area contributed by atoms with Gasteiger partial charge < -0.3 is 5.32 Å². The van der Waals surface area contributed by atoms with Crippen molar-refractivity contribution in [3.8, 4) is 0 Å². The standard InChI is InChI=1S/C14H15N5/c1-15-7-12-6-13-9-18-19(14(13)17-8-12)10-11-2-4-16-5-3-11/h2-6,8-9,15H,7,10H2,1H3. The van der Waals surface area contributed by atoms with Crippen molar-refractivity contribution < 1.29 is 0 Å². The SMILES string of the molecule is CNCc1cnc2c(cnn2Cc2ccncc2)c1. The van der Waals surface area contributed by atoms with Crippen LogP contribution in [0.3, 0.4) is 0 Å². The molecule has 3 aromatic rings. The second-order valence-electron chi connectivity index (χ2n) is 4.44. The fourth-order valence-electron chi connectivity index (χ4n) is 2.10. The minimum Gasteiger partial charge on any atom is -0.316 e. The van der Waals surface area contributed by atoms with Crippen LogP contribution in [0.2, 0.25) is 0 Å². The van der Waals surface area contributed by atoms with E-state index in [-0.39, 0.29) is 0 Å². The Morgan fingerprint density at radius 1 is 1.16 bits per heavy atom. The van der Waals surface area contributed by atoms with E-state index in [4.69, 9.17) is 0 Å². The molecule has 0 radical (unpaired) electrons. The van der Waals surface area contributed by atoms with Crippen LogP contribution < -0.4 is 5.32 Å². The first-order valence-electron chi connectivity index (χ1n) is 6.21. The number of pyridine rings is 2. The molecule has 0 bridgehead atoms. The topological polar surface area (TPSA) is 55.6 Å². The Morgan fingerprint density at radius 3 is 2.79 bits per heavy atom. The highest BCUT2D eigenvalue weighted by atomic mass is 15.3. The summed E-state index contributed by atoms with van der Waals surface area (Å²) >= 11 is 0. The van der Waals surface area contributed by atoms with Crippen LogP contribution in [0.1, 0.15) is 11.1 Å². The lowest BCUT2D eigenvalue weighted by atomic mass is 10.2. The lowest BCUT2D eigenvalue weighted by Gasteiger charge is -2.04. The summed E-state index contributed by atoms with van der Waals surface area (Å²) in [5.41, 5.74) is 3.25. The van der Waals surface area contributed by atoms with Crippen LogP contribution in [0, 0.1) is 0 Å². The predicted molar refractivity (Wildman–Crippen MR) is 73.6 cm³/mol. The maximum absolute atomic E-state index is 4.50. The molecule has 3 heterocycles. The molecule has 0 saturated heterocycles. The van der Waals surface area contributed by atoms with Gasteiger partial charge in [-0.2, -0.15) is 5.10 Å². The molecular formula is C14H15N5. The number of rotatable bonds is 4. The molecule has 0 aromatic carbocycles. The normalized spacial score (nSPS) is 11.0. The molecule has 0 aliphatic rings. The first-order chi connectivity index (χ1) is 9.36. The first kappa shape index (κ1) is 11.8. The highest BCUT2D eigenvalue weighted by Crippen LogP contribution is 2.14. The van der Waals surface area contributed by atoms with E-state index < -0.39 is 0 Å². The van der Waals surface area contributed by atoms with Crippen molar-refractivity contribution in [3.05, 3.63) is 54.1 Å². The van der Waals surface area contributed by atoms with Gasteiger partial charge >= 0.3 is 0 Å². The Morgan fingerprint density at radius 2 is 2.00 bits per heavy atom. The van der Waals surface area contributed by atoms with Gasteiger partial charge in [-0.1, -0.05) is 0 Å². The van der Waals surface area contributed by atoms with E-state index in [1.54, 1.807) is 12.4 Å². The molecule has 5 nitrogen and oxygen atoms in total. The molecule has 3 aromatic heterocycles. The molecule has 5 heteroatoms. The van der Waals surface area contributed by atoms with Crippen LogP contribution in [-0.2, 0) is 13.1 Å². The molecule has 0 aliphatic carbocycles. The average Bonchev–Trinajstić information content (AvgIpc) is 2.83. The highest BCUT2D eigenvalue weighted by molar-refractivity contribution is 5.75. The quantitative estimate of drug-likeness (QED) is 0.767. The van der Waals surface area contributed by atoms with Crippen molar-refractivity contribution in [2.24, 2.45) is 0 Å². The molecule has 0 saturated carbocycles. The van der Waals surface area contributed by atoms with Crippen molar-refractivity contribution in [2.45, 2.75) is 13.1 Å². The fraction of sp³-hybridized carbons (Fsp3) is 0.214. The van der Waals surface area contributed by atoms with Gasteiger partial charge in [0, 0.05) is 30.5 Å². The number of fused-ring (bicyclic) bond motifs is 1. The van der Waals surface area contributed by atoms with Crippen LogP contribution in [-0.4, -0.2) is 26.8 Å². The highest BCUT2D eigenvalue weighted by Gasteiger charge is 2.05. The summed E-state index contributed by atoms with van der Waals surface area (Å²) in [6.07, 6.45) is 7.34. The van der Waals surface area contributed by atoms with Gasteiger partial charge in [0.2, 0.25) is 0 Å². The third kappa shape index (κ3) is 2.46. The maximum atomic E-state index is 4.50. The number of hydrogen-bond donors (Lipinski definition) is 1. The van der Waals surface area contributed by atoms with Crippen molar-refractivity contribution in [1.29, 1.82) is 0 Å². The number of aromatic nitrogens is 4. The van der Waals surface area contributed by atoms with E-state index in [0.717, 1.165) is 17.6 Å². The lowest BCUT2D eigenvalue weighted by molar-refractivity contribution is 0.703. The summed E-state index contributed by atoms with van der Waals surface area (Å²) in [7, 11) is 1.93. The lowest BCUT2D eigenvalue weighted by Crippen LogP contribution is -2.06. The van der Waals surface area contributed by atoms with Crippen LogP contribution in [0.5, 0.6) is 0 Å². The van der Waals surface area contributed by atoms with Crippen LogP contribution in [0.15, 0.2) is 43.0 Å². The zero-order valence-electron chi connectivity index (χ0n) is 10.7. The summed E-state index contributed by atoms with van der Waals surface area (Å²) in [4.78, 5) is 8.52. The van der Waals surface area contributed by atoms with E-state index in [1.807, 2.05) is 36.3 Å². The summed E-state index contributed by atoms with van der Waals surface area (Å²) in [5.74, 6) is 0. The Hall–Kier alpha value is -2.27. The third-order valence-electron chi connectivity index (χ3n) is 3.00. The summed E-state index contributed by atoms with van der Waals surface area (Å²) < 4.78 is 1.91. The van der Waals surface area contributed by atoms with E-state index >= 15 is 0 Å². The van der Waals surface area contributed by atoms with Crippen LogP contribution in [0.4, 0.5) is 0 Å². The predicted octanol–water partition coefficient (Wildman–Crippen LogP) is 1.59. The van der Waals surface area contributed by atoms with E-state index in [9.17, 15) is 0 Å². The van der Waals surface area contributed by atoms with Crippen molar-refractivity contribution in [2.75, 3.05) is 7.05 Å². The largest absolute Gasteiger partial charge is 0.316 e. The second-order valence-corrected chi connectivity index (χ2v) is 4.44. The Kier molecular flexibility index (Phi) is 3.20. The number of nitrogens with one attached hydrogen (secondary N) is 1. The summed E-state index contributed by atoms with van der Waals surface area (Å²) in [5, 5.41) is 8.60. The van der Waals surface area contributed by atoms with E-state index in [2.05, 4.69) is 26.4 Å². The molecule has 3 rings (SSSR count). The van der Waals surface area contributed by atoms with Gasteiger partial charge in [-0.05, 0) is 36.4 Å². The molecular weight excluding hydrogens is 238 g/mol. The third-order valence-corrected chi connectivity index (χ3v) is 3.00. The van der Waals surface area contributed by atoms with Gasteiger partial charge in [0.25, 0.3) is 0 Å². The monoisotopic (exact) mass is 253 g/mol. The number of nitrogens with zero attached hydrogens (tertiary/aromatic N) is 4. The molecule has 0 amide bonds. The van der Waals surface area contributed by atoms with Gasteiger partial charge in [-0.25, -0.2) is 9.67 Å². The minimum absolute atomic E-state index is 0.713. The zero-order valence-corrected chi connectivity index (χ0v) is 10.7. The fourth-order valence-corrected chi connectivity index (χ4v) is 2.10. The molecule has 1 N–H and O–H groups in total. The molecule has 0 aliphatic heterocycles. The van der Waals surface area contributed by atoms with Crippen molar-refractivity contribution in [3.63, 3.8) is 0 Å². The Balaban J connectivity index is 1.93. The Labute approximate surface area is 111 Å². The molecule has 96 valence electrons. The van der Waals surface area contributed by atoms with Gasteiger partial charge in [0.15, 0.2) is 5.65 Å². The maximum Gasteiger partial charge on any atom is 0.158 e. The molecule has 0 spiro atoms. The van der Waals surface area contributed by atoms with Crippen LogP contribution >= 0.6 is 0 Å². The minimum atomic E-state index is 0.713. The summed E-state index contributed by atoms with van der Waals surface area (Å²) in [6.45, 7) is 1.53. The Bertz CT molecular complexity index is 675. The van der Waals surface area contributed by atoms with E-state index in [0.29, 0.717) is 6.54 Å². The van der Waals surface area contributed by atoms with Gasteiger partial charge in [-0.15, -0.1) is 0 Å². The zero-order chi connectivity index (χ0) is 13.1. The average molecular weight is 253 g/mol. The van der Waals surface area contributed by atoms with Crippen LogP contribution in [0.25, 0.3) is 11.0 Å². The summed E-state index contributed by atoms with van der Waals surface area (Å²) in [6, 6.07) is 6.10. The van der Waals surface area contributed by atoms with E-state index in [1.165, 1.54) is 11.1 Å². The number of hydrogen-bond acceptors (Lipinski definition) is 4.